The summed E-state index contributed by atoms with van der Waals surface area (Å²) in [5.41, 5.74) is 1.93. The van der Waals surface area contributed by atoms with Gasteiger partial charge in [0.2, 0.25) is 0 Å². The van der Waals surface area contributed by atoms with Crippen LogP contribution in [0.2, 0.25) is 24.2 Å². The minimum atomic E-state index is -1.45. The molecule has 0 bridgehead atoms. The predicted octanol–water partition coefficient (Wildman–Crippen LogP) is 9.43. The van der Waals surface area contributed by atoms with Crippen molar-refractivity contribution in [3.63, 3.8) is 0 Å². The third kappa shape index (κ3) is 4.20. The van der Waals surface area contributed by atoms with Gasteiger partial charge >= 0.3 is 0 Å². The number of hydrogen-bond acceptors (Lipinski definition) is 2. The van der Waals surface area contributed by atoms with Crippen LogP contribution in [0.4, 0.5) is 0 Å². The Balaban J connectivity index is 0.00000241. The fourth-order valence-corrected chi connectivity index (χ4v) is 20.7. The maximum absolute atomic E-state index is 2.94. The Bertz CT molecular complexity index is 794. The molecule has 10 unspecified atom stereocenters. The van der Waals surface area contributed by atoms with Gasteiger partial charge in [0.25, 0.3) is 0 Å². The summed E-state index contributed by atoms with van der Waals surface area (Å²) in [6.45, 7) is 15.7. The Morgan fingerprint density at radius 1 is 0.794 bits per heavy atom. The van der Waals surface area contributed by atoms with Crippen LogP contribution in [0.15, 0.2) is 22.0 Å². The van der Waals surface area contributed by atoms with Gasteiger partial charge in [0, 0.05) is 39.6 Å². The normalized spacial score (nSPS) is 50.2. The third-order valence-corrected chi connectivity index (χ3v) is 19.6. The number of hydrogen-bond donors (Lipinski definition) is 0. The summed E-state index contributed by atoms with van der Waals surface area (Å²) in [4.78, 5) is 3.24. The number of allylic oxidation sites excluding steroid dienone is 4. The van der Waals surface area contributed by atoms with Crippen LogP contribution in [0, 0.1) is 53.8 Å². The summed E-state index contributed by atoms with van der Waals surface area (Å²) >= 11 is 4.56. The van der Waals surface area contributed by atoms with E-state index in [4.69, 9.17) is 0 Å². The molecule has 4 heteroatoms. The average molecular weight is 684 g/mol. The van der Waals surface area contributed by atoms with Gasteiger partial charge in [-0.2, -0.15) is 12.0 Å². The summed E-state index contributed by atoms with van der Waals surface area (Å²) in [5, 5.41) is 1.76. The molecule has 6 aliphatic rings. The molecule has 2 aliphatic heterocycles. The maximum atomic E-state index is 2.94. The third-order valence-electron chi connectivity index (χ3n) is 11.6. The molecule has 0 nitrogen and oxygen atoms in total. The van der Waals surface area contributed by atoms with Crippen molar-refractivity contribution >= 4 is 31.6 Å². The van der Waals surface area contributed by atoms with Crippen LogP contribution >= 0.6 is 23.5 Å². The molecule has 190 valence electrons. The first-order valence-electron chi connectivity index (χ1n) is 14.3. The fourth-order valence-electron chi connectivity index (χ4n) is 10.4. The van der Waals surface area contributed by atoms with Crippen LogP contribution in [0.5, 0.6) is 0 Å². The average Bonchev–Trinajstić information content (AvgIpc) is 3.48. The van der Waals surface area contributed by atoms with Gasteiger partial charge in [0.15, 0.2) is 0 Å². The Labute approximate surface area is 234 Å². The van der Waals surface area contributed by atoms with E-state index in [2.05, 4.69) is 82.9 Å². The SMILES string of the molecule is CC1=CC2C3C=C(C)SC3C([Si](C)(C)C3[CH-]CC4C(C5C(C)CCCC5C)CCCC43)C2S1.[W]. The van der Waals surface area contributed by atoms with Crippen molar-refractivity contribution in [2.75, 3.05) is 0 Å². The molecule has 0 spiro atoms. The molecule has 0 radical (unpaired) electrons. The van der Waals surface area contributed by atoms with Crippen LogP contribution in [-0.2, 0) is 21.1 Å². The zero-order chi connectivity index (χ0) is 23.1. The molecule has 34 heavy (non-hydrogen) atoms. The summed E-state index contributed by atoms with van der Waals surface area (Å²) in [5.74, 6) is 7.65. The van der Waals surface area contributed by atoms with E-state index in [1.54, 1.807) is 16.2 Å². The van der Waals surface area contributed by atoms with Gasteiger partial charge in [0.05, 0.1) is 0 Å². The van der Waals surface area contributed by atoms with Gasteiger partial charge in [-0.25, -0.2) is 0 Å². The van der Waals surface area contributed by atoms with Crippen molar-refractivity contribution in [3.05, 3.63) is 28.4 Å². The number of thioether (sulfide) groups is 2. The Kier molecular flexibility index (Phi) is 7.85. The molecular weight excluding hydrogens is 636 g/mol. The topological polar surface area (TPSA) is 0 Å². The predicted molar refractivity (Wildman–Crippen MR) is 151 cm³/mol. The molecule has 0 aromatic carbocycles. The van der Waals surface area contributed by atoms with E-state index in [9.17, 15) is 0 Å². The second kappa shape index (κ2) is 10.00. The molecule has 2 heterocycles. The van der Waals surface area contributed by atoms with Crippen molar-refractivity contribution in [1.82, 2.24) is 0 Å². The van der Waals surface area contributed by atoms with Crippen LogP contribution < -0.4 is 0 Å². The molecule has 4 saturated carbocycles. The Hall–Kier alpha value is 1.09. The number of rotatable bonds is 3. The Morgan fingerprint density at radius 3 is 1.91 bits per heavy atom. The first-order valence-corrected chi connectivity index (χ1v) is 19.2. The summed E-state index contributed by atoms with van der Waals surface area (Å²) in [6.07, 6.45) is 18.8. The van der Waals surface area contributed by atoms with Crippen molar-refractivity contribution in [2.45, 2.75) is 107 Å². The van der Waals surface area contributed by atoms with Crippen LogP contribution in [0.3, 0.4) is 0 Å². The van der Waals surface area contributed by atoms with Gasteiger partial charge in [-0.15, -0.1) is 23.5 Å². The molecular formula is C30H47S2SiW-. The van der Waals surface area contributed by atoms with E-state index in [0.717, 1.165) is 68.9 Å². The molecule has 0 saturated heterocycles. The summed E-state index contributed by atoms with van der Waals surface area (Å²) < 4.78 is 0. The van der Waals surface area contributed by atoms with Gasteiger partial charge in [-0.1, -0.05) is 83.0 Å². The van der Waals surface area contributed by atoms with Crippen molar-refractivity contribution < 1.29 is 21.1 Å². The van der Waals surface area contributed by atoms with E-state index in [0.29, 0.717) is 0 Å². The van der Waals surface area contributed by atoms with Gasteiger partial charge in [-0.05, 0) is 71.1 Å². The second-order valence-corrected chi connectivity index (χ2v) is 21.4. The first-order chi connectivity index (χ1) is 15.8. The van der Waals surface area contributed by atoms with E-state index in [1.807, 2.05) is 0 Å². The first kappa shape index (κ1) is 26.7. The zero-order valence-corrected chi connectivity index (χ0v) is 27.9. The van der Waals surface area contributed by atoms with E-state index >= 15 is 0 Å². The molecule has 0 N–H and O–H groups in total. The smallest absolute Gasteiger partial charge is 0.0273 e. The standard InChI is InChI=1S/C30H47S2Si.W/c1-17-9-7-10-18(2)27(17)23-12-8-11-22-21(23)13-14-26(22)33(5,6)30-28-24(15-19(3)31-28)25-16-20(4)32-29(25)30;/h14-18,21-30H,7-13H2,1-6H3;/q-1;. The van der Waals surface area contributed by atoms with E-state index in [-0.39, 0.29) is 21.1 Å². The van der Waals surface area contributed by atoms with Gasteiger partial charge in [-0.3, -0.25) is 0 Å². The fraction of sp³-hybridized carbons (Fsp3) is 0.833. The monoisotopic (exact) mass is 683 g/mol. The largest absolute Gasteiger partial charge is 0.327 e. The second-order valence-electron chi connectivity index (χ2n) is 13.6. The van der Waals surface area contributed by atoms with E-state index in [1.165, 1.54) is 38.5 Å². The molecule has 4 aliphatic carbocycles. The molecule has 6 rings (SSSR count). The molecule has 4 fully saturated rings. The minimum absolute atomic E-state index is 0. The van der Waals surface area contributed by atoms with Crippen LogP contribution in [0.1, 0.15) is 72.6 Å². The quantitative estimate of drug-likeness (QED) is 0.215. The zero-order valence-electron chi connectivity index (χ0n) is 22.3. The maximum Gasteiger partial charge on any atom is 0.0273 e. The molecule has 10 atom stereocenters. The summed E-state index contributed by atoms with van der Waals surface area (Å²) in [6, 6.07) is 0. The van der Waals surface area contributed by atoms with Crippen LogP contribution in [0.25, 0.3) is 0 Å². The molecule has 0 amide bonds. The molecule has 0 aromatic heterocycles. The summed E-state index contributed by atoms with van der Waals surface area (Å²) in [7, 11) is -1.45. The number of fused-ring (bicyclic) bond motifs is 4. The van der Waals surface area contributed by atoms with Gasteiger partial charge in [0.1, 0.15) is 0 Å². The van der Waals surface area contributed by atoms with E-state index < -0.39 is 8.07 Å². The Morgan fingerprint density at radius 2 is 1.32 bits per heavy atom. The van der Waals surface area contributed by atoms with Crippen molar-refractivity contribution in [1.29, 1.82) is 0 Å². The molecule has 0 aromatic rings. The minimum Gasteiger partial charge on any atom is -0.327 e. The van der Waals surface area contributed by atoms with Crippen molar-refractivity contribution in [3.8, 4) is 0 Å². The van der Waals surface area contributed by atoms with Crippen molar-refractivity contribution in [2.24, 2.45) is 47.3 Å². The van der Waals surface area contributed by atoms with Crippen LogP contribution in [-0.4, -0.2) is 18.6 Å². The van der Waals surface area contributed by atoms with Gasteiger partial charge < -0.3 is 6.42 Å².